The second-order valence-corrected chi connectivity index (χ2v) is 4.54. The van der Waals surface area contributed by atoms with Crippen LogP contribution in [0.3, 0.4) is 0 Å². The Kier molecular flexibility index (Phi) is 3.31. The smallest absolute Gasteiger partial charge is 0.333 e. The van der Waals surface area contributed by atoms with E-state index in [-0.39, 0.29) is 10.6 Å². The summed E-state index contributed by atoms with van der Waals surface area (Å²) in [7, 11) is 0. The van der Waals surface area contributed by atoms with Crippen molar-refractivity contribution in [2.45, 2.75) is 52.1 Å². The molecule has 6 heteroatoms. The topological polar surface area (TPSA) is 73.0 Å². The number of nitrogens with zero attached hydrogens (tertiary/aromatic N) is 3. The van der Waals surface area contributed by atoms with Crippen molar-refractivity contribution in [2.75, 3.05) is 5.32 Å². The Hall–Kier alpha value is -1.59. The van der Waals surface area contributed by atoms with Crippen molar-refractivity contribution < 1.29 is 4.92 Å². The Balaban J connectivity index is 2.31. The lowest BCUT2D eigenvalue weighted by Crippen LogP contribution is -2.28. The molecule has 0 aromatic carbocycles. The van der Waals surface area contributed by atoms with Gasteiger partial charge in [0.25, 0.3) is 0 Å². The number of hydrogen-bond donors (Lipinski definition) is 1. The van der Waals surface area contributed by atoms with E-state index in [1.807, 2.05) is 6.92 Å². The number of anilines is 1. The largest absolute Gasteiger partial charge is 0.362 e. The van der Waals surface area contributed by atoms with Crippen LogP contribution in [0.1, 0.15) is 38.3 Å². The van der Waals surface area contributed by atoms with Crippen LogP contribution in [0, 0.1) is 17.0 Å². The van der Waals surface area contributed by atoms with Crippen LogP contribution in [0.5, 0.6) is 0 Å². The lowest BCUT2D eigenvalue weighted by molar-refractivity contribution is -0.384. The number of hydrogen-bond acceptors (Lipinski definition) is 4. The van der Waals surface area contributed by atoms with Crippen LogP contribution in [-0.2, 0) is 6.54 Å². The van der Waals surface area contributed by atoms with Crippen molar-refractivity contribution in [3.63, 3.8) is 0 Å². The van der Waals surface area contributed by atoms with Gasteiger partial charge in [0.2, 0.25) is 5.82 Å². The Labute approximate surface area is 100 Å². The highest BCUT2D eigenvalue weighted by molar-refractivity contribution is 5.60. The third-order valence-electron chi connectivity index (χ3n) is 3.16. The minimum absolute atomic E-state index is 0.130. The van der Waals surface area contributed by atoms with E-state index in [2.05, 4.69) is 10.4 Å². The lowest BCUT2D eigenvalue weighted by Gasteiger charge is -2.27. The van der Waals surface area contributed by atoms with E-state index in [0.29, 0.717) is 24.1 Å². The normalized spacial score (nSPS) is 15.6. The maximum absolute atomic E-state index is 11.1. The Morgan fingerprint density at radius 3 is 2.76 bits per heavy atom. The molecule has 0 saturated heterocycles. The summed E-state index contributed by atoms with van der Waals surface area (Å²) in [5.41, 5.74) is 0.621. The van der Waals surface area contributed by atoms with Crippen LogP contribution in [0.15, 0.2) is 0 Å². The summed E-state index contributed by atoms with van der Waals surface area (Å²) in [5.74, 6) is 0.582. The molecule has 0 bridgehead atoms. The van der Waals surface area contributed by atoms with Crippen LogP contribution in [0.25, 0.3) is 0 Å². The monoisotopic (exact) mass is 238 g/mol. The minimum Gasteiger partial charge on any atom is -0.362 e. The maximum Gasteiger partial charge on any atom is 0.333 e. The van der Waals surface area contributed by atoms with E-state index in [9.17, 15) is 10.1 Å². The van der Waals surface area contributed by atoms with E-state index in [1.54, 1.807) is 11.6 Å². The second-order valence-electron chi connectivity index (χ2n) is 4.54. The first-order valence-electron chi connectivity index (χ1n) is 6.11. The van der Waals surface area contributed by atoms with Gasteiger partial charge >= 0.3 is 5.69 Å². The van der Waals surface area contributed by atoms with Crippen molar-refractivity contribution >= 4 is 11.5 Å². The molecule has 94 valence electrons. The molecule has 1 aromatic heterocycles. The molecular formula is C11H18N4O2. The first-order valence-corrected chi connectivity index (χ1v) is 6.11. The van der Waals surface area contributed by atoms with E-state index in [4.69, 9.17) is 0 Å². The van der Waals surface area contributed by atoms with Gasteiger partial charge in [-0.1, -0.05) is 6.92 Å². The van der Waals surface area contributed by atoms with Crippen molar-refractivity contribution in [3.8, 4) is 0 Å². The third-order valence-corrected chi connectivity index (χ3v) is 3.16. The van der Waals surface area contributed by atoms with Crippen molar-refractivity contribution in [2.24, 2.45) is 0 Å². The molecule has 0 spiro atoms. The molecule has 0 aliphatic heterocycles. The molecule has 1 aromatic rings. The summed E-state index contributed by atoms with van der Waals surface area (Å²) in [6.07, 6.45) is 4.30. The fourth-order valence-electron chi connectivity index (χ4n) is 2.05. The molecule has 0 atom stereocenters. The third kappa shape index (κ3) is 2.25. The van der Waals surface area contributed by atoms with Gasteiger partial charge in [-0.15, -0.1) is 0 Å². The van der Waals surface area contributed by atoms with Crippen molar-refractivity contribution in [1.82, 2.24) is 9.78 Å². The van der Waals surface area contributed by atoms with Gasteiger partial charge in [0.15, 0.2) is 0 Å². The van der Waals surface area contributed by atoms with Gasteiger partial charge in [-0.3, -0.25) is 10.1 Å². The average molecular weight is 238 g/mol. The average Bonchev–Trinajstić information content (AvgIpc) is 2.49. The number of nitro groups is 1. The van der Waals surface area contributed by atoms with Crippen molar-refractivity contribution in [3.05, 3.63) is 15.8 Å². The highest BCUT2D eigenvalue weighted by atomic mass is 16.6. The Morgan fingerprint density at radius 2 is 2.29 bits per heavy atom. The van der Waals surface area contributed by atoms with Crippen LogP contribution >= 0.6 is 0 Å². The molecule has 1 aliphatic rings. The fourth-order valence-corrected chi connectivity index (χ4v) is 2.05. The highest BCUT2D eigenvalue weighted by Crippen LogP contribution is 2.32. The fraction of sp³-hybridized carbons (Fsp3) is 0.727. The standard InChI is InChI=1S/C11H18N4O2/c1-3-7-14-11(12-9-5-4-6-9)10(15(16)17)8(2)13-14/h9,12H,3-7H2,1-2H3. The number of aromatic nitrogens is 2. The van der Waals surface area contributed by atoms with Gasteiger partial charge in [0.1, 0.15) is 5.69 Å². The molecule has 1 heterocycles. The molecule has 0 amide bonds. The van der Waals surface area contributed by atoms with Gasteiger partial charge in [0.05, 0.1) is 4.92 Å². The van der Waals surface area contributed by atoms with Gasteiger partial charge < -0.3 is 5.32 Å². The maximum atomic E-state index is 11.1. The number of rotatable bonds is 5. The molecule has 17 heavy (non-hydrogen) atoms. The van der Waals surface area contributed by atoms with Gasteiger partial charge in [-0.2, -0.15) is 5.10 Å². The van der Waals surface area contributed by atoms with Crippen LogP contribution in [-0.4, -0.2) is 20.7 Å². The summed E-state index contributed by atoms with van der Waals surface area (Å²) in [4.78, 5) is 10.7. The van der Waals surface area contributed by atoms with Gasteiger partial charge in [-0.25, -0.2) is 4.68 Å². The quantitative estimate of drug-likeness (QED) is 0.631. The predicted molar refractivity (Wildman–Crippen MR) is 65.2 cm³/mol. The molecule has 2 rings (SSSR count). The predicted octanol–water partition coefficient (Wildman–Crippen LogP) is 2.47. The number of aryl methyl sites for hydroxylation is 2. The van der Waals surface area contributed by atoms with Crippen LogP contribution in [0.2, 0.25) is 0 Å². The summed E-state index contributed by atoms with van der Waals surface area (Å²) in [6.45, 7) is 4.44. The summed E-state index contributed by atoms with van der Waals surface area (Å²) < 4.78 is 1.73. The molecule has 1 fully saturated rings. The zero-order valence-corrected chi connectivity index (χ0v) is 10.3. The first-order chi connectivity index (χ1) is 8.13. The Morgan fingerprint density at radius 1 is 1.59 bits per heavy atom. The van der Waals surface area contributed by atoms with Crippen LogP contribution in [0.4, 0.5) is 11.5 Å². The van der Waals surface area contributed by atoms with E-state index >= 15 is 0 Å². The molecule has 1 N–H and O–H groups in total. The zero-order valence-electron chi connectivity index (χ0n) is 10.3. The minimum atomic E-state index is -0.338. The summed E-state index contributed by atoms with van der Waals surface area (Å²) >= 11 is 0. The summed E-state index contributed by atoms with van der Waals surface area (Å²) in [6, 6.07) is 0.375. The SMILES string of the molecule is CCCn1nc(C)c([N+](=O)[O-])c1NC1CCC1. The Bertz CT molecular complexity index is 423. The molecule has 0 unspecified atom stereocenters. The highest BCUT2D eigenvalue weighted by Gasteiger charge is 2.28. The van der Waals surface area contributed by atoms with Gasteiger partial charge in [-0.05, 0) is 32.6 Å². The van der Waals surface area contributed by atoms with E-state index in [1.165, 1.54) is 6.42 Å². The van der Waals surface area contributed by atoms with Crippen molar-refractivity contribution in [1.29, 1.82) is 0 Å². The second kappa shape index (κ2) is 4.73. The summed E-state index contributed by atoms with van der Waals surface area (Å²) in [5, 5.41) is 18.6. The lowest BCUT2D eigenvalue weighted by atomic mass is 9.93. The van der Waals surface area contributed by atoms with Gasteiger partial charge in [0, 0.05) is 12.6 Å². The molecule has 1 saturated carbocycles. The molecule has 0 radical (unpaired) electrons. The molecule has 1 aliphatic carbocycles. The molecular weight excluding hydrogens is 220 g/mol. The van der Waals surface area contributed by atoms with E-state index in [0.717, 1.165) is 19.3 Å². The number of nitrogens with one attached hydrogen (secondary N) is 1. The molecule has 6 nitrogen and oxygen atoms in total. The van der Waals surface area contributed by atoms with Crippen LogP contribution < -0.4 is 5.32 Å². The van der Waals surface area contributed by atoms with E-state index < -0.39 is 0 Å². The zero-order chi connectivity index (χ0) is 12.4. The first kappa shape index (κ1) is 11.9.